The molecule has 1 atom stereocenters. The Morgan fingerprint density at radius 1 is 1.00 bits per heavy atom. The summed E-state index contributed by atoms with van der Waals surface area (Å²) in [5.74, 6) is -0.799. The molecule has 0 aliphatic carbocycles. The van der Waals surface area contributed by atoms with Gasteiger partial charge < -0.3 is 9.64 Å². The van der Waals surface area contributed by atoms with Crippen LogP contribution >= 0.6 is 37.2 Å². The lowest BCUT2D eigenvalue weighted by Gasteiger charge is -2.42. The fourth-order valence-electron chi connectivity index (χ4n) is 5.80. The molecule has 3 aromatic rings. The highest BCUT2D eigenvalue weighted by atomic mass is 35.5. The van der Waals surface area contributed by atoms with Crippen LogP contribution in [0.2, 0.25) is 0 Å². The third-order valence-electron chi connectivity index (χ3n) is 7.94. The average molecular weight is 680 g/mol. The van der Waals surface area contributed by atoms with E-state index in [9.17, 15) is 22.4 Å². The number of aromatic nitrogens is 1. The molecule has 242 valence electrons. The molecule has 44 heavy (non-hydrogen) atoms. The molecule has 6 nitrogen and oxygen atoms in total. The molecule has 1 fully saturated rings. The molecule has 0 saturated carbocycles. The number of hydrogen-bond donors (Lipinski definition) is 0. The predicted molar refractivity (Wildman–Crippen MR) is 169 cm³/mol. The minimum atomic E-state index is -4.55. The highest BCUT2D eigenvalue weighted by Gasteiger charge is 2.35. The zero-order valence-corrected chi connectivity index (χ0v) is 26.9. The number of benzene rings is 2. The van der Waals surface area contributed by atoms with Crippen LogP contribution in [0.5, 0.6) is 5.75 Å². The first-order valence-corrected chi connectivity index (χ1v) is 13.8. The first-order valence-electron chi connectivity index (χ1n) is 13.8. The summed E-state index contributed by atoms with van der Waals surface area (Å²) in [6.07, 6.45) is -1.40. The summed E-state index contributed by atoms with van der Waals surface area (Å²) in [5, 5.41) is 0. The maximum atomic E-state index is 14.1. The zero-order valence-electron chi connectivity index (χ0n) is 24.5. The van der Waals surface area contributed by atoms with Crippen molar-refractivity contribution < 1.29 is 27.1 Å². The Balaban J connectivity index is 0.00000225. The second-order valence-electron chi connectivity index (χ2n) is 10.8. The van der Waals surface area contributed by atoms with E-state index in [1.54, 1.807) is 24.0 Å². The SMILES string of the molecule is COc1cc(C[C@@H]2CN(CCN3CCc4ncccc4C3)CCN2C(=O)c2cc(C)cc(C(F)(F)F)c2)ccc1F.Cl.Cl.Cl. The van der Waals surface area contributed by atoms with Gasteiger partial charge in [-0.2, -0.15) is 13.2 Å². The number of aryl methyl sites for hydroxylation is 1. The van der Waals surface area contributed by atoms with Gasteiger partial charge in [0.15, 0.2) is 11.6 Å². The summed E-state index contributed by atoms with van der Waals surface area (Å²) in [6, 6.07) is 11.9. The number of ether oxygens (including phenoxy) is 1. The Kier molecular flexibility index (Phi) is 13.7. The van der Waals surface area contributed by atoms with Gasteiger partial charge in [0.25, 0.3) is 5.91 Å². The molecule has 0 spiro atoms. The van der Waals surface area contributed by atoms with E-state index in [1.807, 2.05) is 12.3 Å². The van der Waals surface area contributed by atoms with Crippen LogP contribution in [0.4, 0.5) is 17.6 Å². The molecule has 2 aliphatic heterocycles. The Labute approximate surface area is 274 Å². The average Bonchev–Trinajstić information content (AvgIpc) is 2.96. The Morgan fingerprint density at radius 2 is 1.75 bits per heavy atom. The second-order valence-corrected chi connectivity index (χ2v) is 10.8. The number of nitrogens with zero attached hydrogens (tertiary/aromatic N) is 4. The van der Waals surface area contributed by atoms with Crippen LogP contribution in [0.3, 0.4) is 0 Å². The van der Waals surface area contributed by atoms with E-state index in [0.717, 1.165) is 56.0 Å². The van der Waals surface area contributed by atoms with Crippen LogP contribution in [0.1, 0.15) is 38.3 Å². The van der Waals surface area contributed by atoms with Crippen molar-refractivity contribution in [1.29, 1.82) is 0 Å². The van der Waals surface area contributed by atoms with Crippen molar-refractivity contribution in [3.8, 4) is 5.75 Å². The number of alkyl halides is 3. The Hall–Kier alpha value is -2.63. The number of fused-ring (bicyclic) bond motifs is 1. The summed E-state index contributed by atoms with van der Waals surface area (Å²) in [4.78, 5) is 24.5. The molecule has 0 N–H and O–H groups in total. The van der Waals surface area contributed by atoms with Crippen LogP contribution in [0.25, 0.3) is 0 Å². The van der Waals surface area contributed by atoms with E-state index in [0.29, 0.717) is 31.6 Å². The van der Waals surface area contributed by atoms with E-state index in [-0.39, 0.29) is 54.6 Å². The van der Waals surface area contributed by atoms with Crippen molar-refractivity contribution >= 4 is 43.1 Å². The van der Waals surface area contributed by atoms with Crippen molar-refractivity contribution in [3.63, 3.8) is 0 Å². The first kappa shape index (κ1) is 37.6. The van der Waals surface area contributed by atoms with Gasteiger partial charge in [0.2, 0.25) is 0 Å². The van der Waals surface area contributed by atoms with Gasteiger partial charge >= 0.3 is 6.18 Å². The normalized spacial score (nSPS) is 17.0. The summed E-state index contributed by atoms with van der Waals surface area (Å²) >= 11 is 0. The molecular formula is C31H37Cl3F4N4O2. The number of methoxy groups -OCH3 is 1. The van der Waals surface area contributed by atoms with Crippen LogP contribution in [-0.2, 0) is 25.6 Å². The molecule has 2 aromatic carbocycles. The molecule has 0 bridgehead atoms. The number of amides is 1. The van der Waals surface area contributed by atoms with Crippen LogP contribution in [0, 0.1) is 12.7 Å². The van der Waals surface area contributed by atoms with E-state index in [1.165, 1.54) is 24.8 Å². The quantitative estimate of drug-likeness (QED) is 0.277. The van der Waals surface area contributed by atoms with E-state index >= 15 is 0 Å². The molecule has 1 saturated heterocycles. The smallest absolute Gasteiger partial charge is 0.416 e. The zero-order chi connectivity index (χ0) is 29.1. The van der Waals surface area contributed by atoms with Gasteiger partial charge in [0.05, 0.1) is 12.7 Å². The van der Waals surface area contributed by atoms with Crippen molar-refractivity contribution in [2.45, 2.75) is 38.5 Å². The minimum absolute atomic E-state index is 0. The summed E-state index contributed by atoms with van der Waals surface area (Å²) in [7, 11) is 1.39. The van der Waals surface area contributed by atoms with Crippen LogP contribution < -0.4 is 4.74 Å². The van der Waals surface area contributed by atoms with Gasteiger partial charge in [-0.05, 0) is 66.4 Å². The Morgan fingerprint density at radius 3 is 2.48 bits per heavy atom. The topological polar surface area (TPSA) is 48.9 Å². The van der Waals surface area contributed by atoms with E-state index in [2.05, 4.69) is 20.9 Å². The van der Waals surface area contributed by atoms with Crippen molar-refractivity contribution in [3.05, 3.63) is 94.1 Å². The summed E-state index contributed by atoms with van der Waals surface area (Å²) in [5.41, 5.74) is 2.74. The third kappa shape index (κ3) is 8.97. The highest BCUT2D eigenvalue weighted by Crippen LogP contribution is 2.31. The van der Waals surface area contributed by atoms with Gasteiger partial charge in [-0.1, -0.05) is 12.1 Å². The molecule has 0 radical (unpaired) electrons. The molecular weight excluding hydrogens is 643 g/mol. The minimum Gasteiger partial charge on any atom is -0.494 e. The summed E-state index contributed by atoms with van der Waals surface area (Å²) < 4.78 is 59.8. The lowest BCUT2D eigenvalue weighted by Crippen LogP contribution is -2.57. The largest absolute Gasteiger partial charge is 0.494 e. The fraction of sp³-hybridized carbons (Fsp3) is 0.419. The standard InChI is InChI=1S/C31H34F4N4O2.3ClH/c1-21-14-24(18-25(15-21)31(33,34)35)30(40)39-13-12-38(11-10-37-9-7-28-23(19-37)4-3-8-36-28)20-26(39)16-22-5-6-27(32)29(17-22)41-2;;;/h3-6,8,14-15,17-18,26H,7,9-13,16,19-20H2,1-2H3;3*1H/t26-;;;/m1.../s1. The number of carbonyl (C=O) groups excluding carboxylic acids is 1. The number of halogens is 7. The molecule has 1 aromatic heterocycles. The van der Waals surface area contributed by atoms with Crippen molar-refractivity contribution in [2.75, 3.05) is 46.4 Å². The molecule has 0 unspecified atom stereocenters. The maximum Gasteiger partial charge on any atom is 0.416 e. The van der Waals surface area contributed by atoms with E-state index in [4.69, 9.17) is 4.74 Å². The van der Waals surface area contributed by atoms with Gasteiger partial charge in [0.1, 0.15) is 0 Å². The number of rotatable bonds is 7. The lowest BCUT2D eigenvalue weighted by molar-refractivity contribution is -0.137. The number of hydrogen-bond acceptors (Lipinski definition) is 5. The molecule has 3 heterocycles. The number of carbonyl (C=O) groups is 1. The van der Waals surface area contributed by atoms with Gasteiger partial charge in [-0.25, -0.2) is 4.39 Å². The molecule has 5 rings (SSSR count). The number of piperazine rings is 1. The van der Waals surface area contributed by atoms with Gasteiger partial charge in [-0.3, -0.25) is 19.6 Å². The van der Waals surface area contributed by atoms with Crippen molar-refractivity contribution in [1.82, 2.24) is 19.7 Å². The maximum absolute atomic E-state index is 14.1. The van der Waals surface area contributed by atoms with Gasteiger partial charge in [0, 0.05) is 75.7 Å². The fourth-order valence-corrected chi connectivity index (χ4v) is 5.80. The first-order chi connectivity index (χ1) is 19.6. The van der Waals surface area contributed by atoms with Gasteiger partial charge in [-0.15, -0.1) is 37.2 Å². The van der Waals surface area contributed by atoms with E-state index < -0.39 is 23.5 Å². The van der Waals surface area contributed by atoms with Crippen LogP contribution in [0.15, 0.2) is 54.7 Å². The predicted octanol–water partition coefficient (Wildman–Crippen LogP) is 6.25. The summed E-state index contributed by atoms with van der Waals surface area (Å²) in [6.45, 7) is 6.51. The highest BCUT2D eigenvalue weighted by molar-refractivity contribution is 5.95. The molecule has 2 aliphatic rings. The monoisotopic (exact) mass is 678 g/mol. The Bertz CT molecular complexity index is 1410. The number of pyridine rings is 1. The lowest BCUT2D eigenvalue weighted by atomic mass is 9.99. The van der Waals surface area contributed by atoms with Crippen LogP contribution in [-0.4, -0.2) is 78.0 Å². The second kappa shape index (κ2) is 16.1. The molecule has 1 amide bonds. The molecule has 13 heteroatoms. The van der Waals surface area contributed by atoms with Crippen molar-refractivity contribution in [2.24, 2.45) is 0 Å². The third-order valence-corrected chi connectivity index (χ3v) is 7.94.